The van der Waals surface area contributed by atoms with Gasteiger partial charge in [-0.25, -0.2) is 0 Å². The third kappa shape index (κ3) is 5.06. The number of fused-ring (bicyclic) bond motifs is 1. The lowest BCUT2D eigenvalue weighted by Crippen LogP contribution is -2.38. The summed E-state index contributed by atoms with van der Waals surface area (Å²) < 4.78 is 11.3. The number of methoxy groups -OCH3 is 1. The summed E-state index contributed by atoms with van der Waals surface area (Å²) in [5.41, 5.74) is 3.86. The molecule has 0 saturated carbocycles. The van der Waals surface area contributed by atoms with Crippen LogP contribution in [0.25, 0.3) is 0 Å². The van der Waals surface area contributed by atoms with E-state index in [1.54, 1.807) is 7.11 Å². The normalized spacial score (nSPS) is 16.0. The van der Waals surface area contributed by atoms with Crippen LogP contribution in [0.3, 0.4) is 0 Å². The first-order valence-electron chi connectivity index (χ1n) is 10.6. The van der Waals surface area contributed by atoms with Gasteiger partial charge in [-0.05, 0) is 48.2 Å². The molecular weight excluding hydrogens is 388 g/mol. The second-order valence-corrected chi connectivity index (χ2v) is 7.93. The monoisotopic (exact) mass is 416 g/mol. The quantitative estimate of drug-likeness (QED) is 0.594. The van der Waals surface area contributed by atoms with Gasteiger partial charge in [-0.3, -0.25) is 4.79 Å². The number of para-hydroxylation sites is 1. The van der Waals surface area contributed by atoms with Crippen LogP contribution in [0.4, 0.5) is 5.69 Å². The number of carbonyl (C=O) groups excluding carboxylic acids is 1. The summed E-state index contributed by atoms with van der Waals surface area (Å²) >= 11 is 0. The molecule has 4 rings (SSSR count). The zero-order valence-corrected chi connectivity index (χ0v) is 17.9. The average Bonchev–Trinajstić information content (AvgIpc) is 2.80. The van der Waals surface area contributed by atoms with Crippen molar-refractivity contribution >= 4 is 11.6 Å². The van der Waals surface area contributed by atoms with Crippen LogP contribution in [-0.4, -0.2) is 26.2 Å². The fraction of sp³-hybridized carbons (Fsp3) is 0.269. The van der Waals surface area contributed by atoms with Gasteiger partial charge in [0, 0.05) is 12.5 Å². The molecule has 1 heterocycles. The molecule has 0 spiro atoms. The van der Waals surface area contributed by atoms with Crippen molar-refractivity contribution in [3.8, 4) is 11.5 Å². The molecule has 0 radical (unpaired) electrons. The Kier molecular flexibility index (Phi) is 6.53. The second-order valence-electron chi connectivity index (χ2n) is 7.93. The van der Waals surface area contributed by atoms with Crippen LogP contribution in [-0.2, 0) is 11.2 Å². The van der Waals surface area contributed by atoms with Crippen molar-refractivity contribution in [3.63, 3.8) is 0 Å². The highest BCUT2D eigenvalue weighted by Gasteiger charge is 2.25. The molecule has 5 heteroatoms. The van der Waals surface area contributed by atoms with Crippen molar-refractivity contribution in [1.29, 1.82) is 0 Å². The van der Waals surface area contributed by atoms with E-state index in [0.717, 1.165) is 23.3 Å². The zero-order chi connectivity index (χ0) is 21.6. The molecule has 0 unspecified atom stereocenters. The predicted octanol–water partition coefficient (Wildman–Crippen LogP) is 4.52. The Balaban J connectivity index is 1.49. The van der Waals surface area contributed by atoms with E-state index in [0.29, 0.717) is 30.5 Å². The summed E-state index contributed by atoms with van der Waals surface area (Å²) in [5.74, 6) is 1.78. The van der Waals surface area contributed by atoms with Gasteiger partial charge >= 0.3 is 0 Å². The van der Waals surface area contributed by atoms with Crippen LogP contribution in [0.15, 0.2) is 72.8 Å². The lowest BCUT2D eigenvalue weighted by molar-refractivity contribution is -0.118. The van der Waals surface area contributed by atoms with Gasteiger partial charge in [-0.2, -0.15) is 0 Å². The molecule has 2 atom stereocenters. The minimum absolute atomic E-state index is 0.118. The molecule has 1 aliphatic rings. The second kappa shape index (κ2) is 9.67. The van der Waals surface area contributed by atoms with Crippen molar-refractivity contribution in [2.24, 2.45) is 5.92 Å². The topological polar surface area (TPSA) is 59.6 Å². The van der Waals surface area contributed by atoms with Crippen molar-refractivity contribution < 1.29 is 14.3 Å². The Bertz CT molecular complexity index is 1040. The van der Waals surface area contributed by atoms with Gasteiger partial charge in [0.2, 0.25) is 5.91 Å². The van der Waals surface area contributed by atoms with E-state index < -0.39 is 6.04 Å². The summed E-state index contributed by atoms with van der Waals surface area (Å²) in [4.78, 5) is 13.3. The predicted molar refractivity (Wildman–Crippen MR) is 123 cm³/mol. The SMILES string of the molecule is COc1ccc(C)cc1NC(=O)[C@H](NC[C@@H]1COc2ccccc2C1)c1ccccc1. The Morgan fingerprint density at radius 1 is 1.10 bits per heavy atom. The first-order chi connectivity index (χ1) is 15.1. The maximum absolute atomic E-state index is 13.3. The van der Waals surface area contributed by atoms with Crippen LogP contribution < -0.4 is 20.1 Å². The van der Waals surface area contributed by atoms with E-state index in [2.05, 4.69) is 16.7 Å². The number of aryl methyl sites for hydroxylation is 1. The first kappa shape index (κ1) is 20.9. The largest absolute Gasteiger partial charge is 0.495 e. The lowest BCUT2D eigenvalue weighted by atomic mass is 9.96. The Labute approximate surface area is 183 Å². The number of carbonyl (C=O) groups is 1. The van der Waals surface area contributed by atoms with Crippen molar-refractivity contribution in [2.45, 2.75) is 19.4 Å². The molecule has 0 aliphatic carbocycles. The smallest absolute Gasteiger partial charge is 0.246 e. The molecule has 160 valence electrons. The van der Waals surface area contributed by atoms with E-state index in [-0.39, 0.29) is 5.91 Å². The molecule has 1 aliphatic heterocycles. The Morgan fingerprint density at radius 2 is 1.87 bits per heavy atom. The number of hydrogen-bond donors (Lipinski definition) is 2. The van der Waals surface area contributed by atoms with E-state index in [1.165, 1.54) is 5.56 Å². The van der Waals surface area contributed by atoms with E-state index in [9.17, 15) is 4.79 Å². The van der Waals surface area contributed by atoms with Gasteiger partial charge < -0.3 is 20.1 Å². The summed E-state index contributed by atoms with van der Waals surface area (Å²) in [7, 11) is 1.61. The molecular formula is C26H28N2O3. The fourth-order valence-electron chi connectivity index (χ4n) is 3.94. The standard InChI is InChI=1S/C26H28N2O3/c1-18-12-13-24(30-2)22(14-18)28-26(29)25(20-8-4-3-5-9-20)27-16-19-15-21-10-6-7-11-23(21)31-17-19/h3-14,19,25,27H,15-17H2,1-2H3,(H,28,29)/t19-,25-/m1/s1. The molecule has 3 aromatic carbocycles. The molecule has 0 bridgehead atoms. The van der Waals surface area contributed by atoms with Crippen molar-refractivity contribution in [1.82, 2.24) is 5.32 Å². The third-order valence-electron chi connectivity index (χ3n) is 5.57. The van der Waals surface area contributed by atoms with Gasteiger partial charge in [-0.1, -0.05) is 54.6 Å². The molecule has 0 fully saturated rings. The summed E-state index contributed by atoms with van der Waals surface area (Å²) in [6.45, 7) is 3.30. The van der Waals surface area contributed by atoms with Gasteiger partial charge in [0.25, 0.3) is 0 Å². The van der Waals surface area contributed by atoms with Crippen molar-refractivity contribution in [2.75, 3.05) is 25.6 Å². The maximum atomic E-state index is 13.3. The molecule has 2 N–H and O–H groups in total. The summed E-state index contributed by atoms with van der Waals surface area (Å²) in [5, 5.41) is 6.52. The number of rotatable bonds is 7. The van der Waals surface area contributed by atoms with E-state index in [1.807, 2.05) is 73.7 Å². The highest BCUT2D eigenvalue weighted by Crippen LogP contribution is 2.28. The molecule has 1 amide bonds. The van der Waals surface area contributed by atoms with E-state index in [4.69, 9.17) is 9.47 Å². The van der Waals surface area contributed by atoms with Crippen LogP contribution in [0.5, 0.6) is 11.5 Å². The van der Waals surface area contributed by atoms with Crippen LogP contribution in [0.1, 0.15) is 22.7 Å². The molecule has 3 aromatic rings. The number of amides is 1. The van der Waals surface area contributed by atoms with Crippen LogP contribution in [0, 0.1) is 12.8 Å². The lowest BCUT2D eigenvalue weighted by Gasteiger charge is -2.27. The van der Waals surface area contributed by atoms with Gasteiger partial charge in [-0.15, -0.1) is 0 Å². The van der Waals surface area contributed by atoms with Gasteiger partial charge in [0.05, 0.1) is 19.4 Å². The Hall–Kier alpha value is -3.31. The van der Waals surface area contributed by atoms with Gasteiger partial charge in [0.1, 0.15) is 17.5 Å². The average molecular weight is 417 g/mol. The molecule has 5 nitrogen and oxygen atoms in total. The molecule has 0 aromatic heterocycles. The minimum Gasteiger partial charge on any atom is -0.495 e. The fourth-order valence-corrected chi connectivity index (χ4v) is 3.94. The summed E-state index contributed by atoms with van der Waals surface area (Å²) in [6, 6.07) is 23.2. The highest BCUT2D eigenvalue weighted by atomic mass is 16.5. The van der Waals surface area contributed by atoms with Crippen molar-refractivity contribution in [3.05, 3.63) is 89.5 Å². The number of benzene rings is 3. The number of hydrogen-bond acceptors (Lipinski definition) is 4. The van der Waals surface area contributed by atoms with Crippen LogP contribution in [0.2, 0.25) is 0 Å². The van der Waals surface area contributed by atoms with Gasteiger partial charge in [0.15, 0.2) is 0 Å². The van der Waals surface area contributed by atoms with Crippen LogP contribution >= 0.6 is 0 Å². The zero-order valence-electron chi connectivity index (χ0n) is 17.9. The highest BCUT2D eigenvalue weighted by molar-refractivity contribution is 5.96. The maximum Gasteiger partial charge on any atom is 0.246 e. The first-order valence-corrected chi connectivity index (χ1v) is 10.6. The molecule has 31 heavy (non-hydrogen) atoms. The third-order valence-corrected chi connectivity index (χ3v) is 5.57. The minimum atomic E-state index is -0.483. The Morgan fingerprint density at radius 3 is 2.68 bits per heavy atom. The number of ether oxygens (including phenoxy) is 2. The summed E-state index contributed by atoms with van der Waals surface area (Å²) in [6.07, 6.45) is 0.929. The van der Waals surface area contributed by atoms with E-state index >= 15 is 0 Å². The number of anilines is 1. The molecule has 0 saturated heterocycles. The number of nitrogens with one attached hydrogen (secondary N) is 2.